The fourth-order valence-electron chi connectivity index (χ4n) is 3.34. The van der Waals surface area contributed by atoms with Crippen molar-refractivity contribution in [2.24, 2.45) is 5.92 Å². The number of H-pyrrole nitrogens is 1. The first-order chi connectivity index (χ1) is 12.9. The molecule has 2 heterocycles. The molecular formula is C21H29N3O2S. The lowest BCUT2D eigenvalue weighted by Crippen LogP contribution is -2.44. The Kier molecular flexibility index (Phi) is 6.50. The Hall–Kier alpha value is -1.92. The van der Waals surface area contributed by atoms with Crippen LogP contribution in [0.3, 0.4) is 0 Å². The Morgan fingerprint density at radius 1 is 1.41 bits per heavy atom. The van der Waals surface area contributed by atoms with E-state index in [1.165, 1.54) is 0 Å². The molecule has 1 atom stereocenters. The number of hydrogen-bond donors (Lipinski definition) is 2. The van der Waals surface area contributed by atoms with Crippen molar-refractivity contribution in [3.8, 4) is 0 Å². The Balaban J connectivity index is 1.82. The number of nitrogens with zero attached hydrogens (tertiary/aromatic N) is 1. The summed E-state index contributed by atoms with van der Waals surface area (Å²) in [4.78, 5) is 17.7. The van der Waals surface area contributed by atoms with E-state index in [9.17, 15) is 4.79 Å². The van der Waals surface area contributed by atoms with Gasteiger partial charge in [-0.1, -0.05) is 26.0 Å². The maximum absolute atomic E-state index is 12.6. The third-order valence-corrected chi connectivity index (χ3v) is 5.24. The topological polar surface area (TPSA) is 57.4 Å². The average molecular weight is 388 g/mol. The van der Waals surface area contributed by atoms with Gasteiger partial charge in [0.05, 0.1) is 12.6 Å². The van der Waals surface area contributed by atoms with Gasteiger partial charge in [0.1, 0.15) is 0 Å². The summed E-state index contributed by atoms with van der Waals surface area (Å²) in [5, 5.41) is 5.05. The van der Waals surface area contributed by atoms with Crippen LogP contribution in [0, 0.1) is 12.8 Å². The predicted octanol–water partition coefficient (Wildman–Crippen LogP) is 3.35. The van der Waals surface area contributed by atoms with Crippen LogP contribution in [0.2, 0.25) is 0 Å². The Labute approximate surface area is 166 Å². The lowest BCUT2D eigenvalue weighted by atomic mass is 10.1. The molecule has 1 aromatic carbocycles. The fraction of sp³-hybridized carbons (Fsp3) is 0.524. The van der Waals surface area contributed by atoms with Gasteiger partial charge in [0.25, 0.3) is 5.56 Å². The minimum Gasteiger partial charge on any atom is -0.376 e. The van der Waals surface area contributed by atoms with Gasteiger partial charge in [-0.15, -0.1) is 0 Å². The summed E-state index contributed by atoms with van der Waals surface area (Å²) in [7, 11) is 0. The van der Waals surface area contributed by atoms with Crippen LogP contribution in [0.25, 0.3) is 10.9 Å². The van der Waals surface area contributed by atoms with Crippen molar-refractivity contribution in [3.63, 3.8) is 0 Å². The summed E-state index contributed by atoms with van der Waals surface area (Å²) < 4.78 is 5.80. The molecule has 0 saturated carbocycles. The third-order valence-electron chi connectivity index (χ3n) is 4.84. The molecule has 1 aromatic heterocycles. The molecule has 5 nitrogen and oxygen atoms in total. The number of aryl methyl sites for hydroxylation is 1. The van der Waals surface area contributed by atoms with E-state index in [1.807, 2.05) is 25.1 Å². The molecule has 0 unspecified atom stereocenters. The van der Waals surface area contributed by atoms with E-state index in [0.29, 0.717) is 24.1 Å². The lowest BCUT2D eigenvalue weighted by molar-refractivity contribution is 0.0896. The van der Waals surface area contributed by atoms with E-state index in [4.69, 9.17) is 17.0 Å². The Morgan fingerprint density at radius 3 is 2.93 bits per heavy atom. The van der Waals surface area contributed by atoms with Crippen LogP contribution in [-0.2, 0) is 11.3 Å². The molecule has 0 spiro atoms. The number of nitrogens with one attached hydrogen (secondary N) is 2. The maximum atomic E-state index is 12.6. The molecule has 2 N–H and O–H groups in total. The number of aromatic nitrogens is 1. The number of thiocarbonyl (C=S) groups is 1. The molecule has 0 aliphatic carbocycles. The average Bonchev–Trinajstić information content (AvgIpc) is 3.13. The van der Waals surface area contributed by atoms with Gasteiger partial charge in [0, 0.05) is 30.8 Å². The third kappa shape index (κ3) is 5.30. The maximum Gasteiger partial charge on any atom is 0.253 e. The first-order valence-electron chi connectivity index (χ1n) is 9.69. The lowest BCUT2D eigenvalue weighted by Gasteiger charge is -2.28. The van der Waals surface area contributed by atoms with Gasteiger partial charge < -0.3 is 19.9 Å². The van der Waals surface area contributed by atoms with Crippen LogP contribution in [0.5, 0.6) is 0 Å². The highest BCUT2D eigenvalue weighted by Crippen LogP contribution is 2.17. The first kappa shape index (κ1) is 19.8. The van der Waals surface area contributed by atoms with Crippen molar-refractivity contribution in [2.45, 2.75) is 46.3 Å². The number of aromatic amines is 1. The summed E-state index contributed by atoms with van der Waals surface area (Å²) in [6.45, 7) is 9.12. The van der Waals surface area contributed by atoms with Crippen LogP contribution >= 0.6 is 12.2 Å². The molecule has 1 aliphatic rings. The zero-order chi connectivity index (χ0) is 19.4. The van der Waals surface area contributed by atoms with Crippen molar-refractivity contribution in [1.82, 2.24) is 15.2 Å². The van der Waals surface area contributed by atoms with Crippen LogP contribution in [-0.4, -0.2) is 40.8 Å². The van der Waals surface area contributed by atoms with Crippen LogP contribution in [0.4, 0.5) is 0 Å². The minimum absolute atomic E-state index is 0.0582. The van der Waals surface area contributed by atoms with E-state index in [2.05, 4.69) is 35.1 Å². The molecule has 0 amide bonds. The molecule has 6 heteroatoms. The number of rotatable bonds is 6. The SMILES string of the molecule is Cc1ccc2cc(CN(C[C@H]3CCCO3)C(=S)NCC(C)C)c(=O)[nH]c2c1. The van der Waals surface area contributed by atoms with Crippen molar-refractivity contribution >= 4 is 28.2 Å². The normalized spacial score (nSPS) is 16.8. The Bertz CT molecular complexity index is 856. The molecule has 1 aliphatic heterocycles. The molecule has 2 aromatic rings. The van der Waals surface area contributed by atoms with Crippen molar-refractivity contribution < 1.29 is 4.74 Å². The molecule has 1 saturated heterocycles. The summed E-state index contributed by atoms with van der Waals surface area (Å²) >= 11 is 5.63. The quantitative estimate of drug-likeness (QED) is 0.745. The van der Waals surface area contributed by atoms with Gasteiger partial charge >= 0.3 is 0 Å². The second-order valence-corrected chi connectivity index (χ2v) is 8.20. The monoisotopic (exact) mass is 387 g/mol. The number of ether oxygens (including phenoxy) is 1. The summed E-state index contributed by atoms with van der Waals surface area (Å²) in [6.07, 6.45) is 2.29. The van der Waals surface area contributed by atoms with E-state index in [-0.39, 0.29) is 11.7 Å². The highest BCUT2D eigenvalue weighted by molar-refractivity contribution is 7.80. The second kappa shape index (κ2) is 8.85. The molecular weight excluding hydrogens is 358 g/mol. The summed E-state index contributed by atoms with van der Waals surface area (Å²) in [5.74, 6) is 0.500. The van der Waals surface area contributed by atoms with Gasteiger partial charge in [0.15, 0.2) is 5.11 Å². The van der Waals surface area contributed by atoms with Crippen LogP contribution in [0.1, 0.15) is 37.8 Å². The van der Waals surface area contributed by atoms with Gasteiger partial charge in [-0.3, -0.25) is 4.79 Å². The number of pyridine rings is 1. The van der Waals surface area contributed by atoms with Crippen LogP contribution < -0.4 is 10.9 Å². The van der Waals surface area contributed by atoms with Crippen molar-refractivity contribution in [1.29, 1.82) is 0 Å². The highest BCUT2D eigenvalue weighted by Gasteiger charge is 2.22. The van der Waals surface area contributed by atoms with Gasteiger partial charge in [0.2, 0.25) is 0 Å². The standard InChI is InChI=1S/C21H29N3O2S/c1-14(2)11-22-21(27)24(13-18-5-4-8-26-18)12-17-10-16-7-6-15(3)9-19(16)23-20(17)25/h6-7,9-10,14,18H,4-5,8,11-13H2,1-3H3,(H,22,27)(H,23,25)/t18-/m1/s1. The smallest absolute Gasteiger partial charge is 0.253 e. The van der Waals surface area contributed by atoms with Gasteiger partial charge in [-0.25, -0.2) is 0 Å². The van der Waals surface area contributed by atoms with E-state index < -0.39 is 0 Å². The zero-order valence-corrected chi connectivity index (χ0v) is 17.2. The molecule has 0 radical (unpaired) electrons. The summed E-state index contributed by atoms with van der Waals surface area (Å²) in [5.41, 5.74) is 2.66. The minimum atomic E-state index is -0.0582. The number of hydrogen-bond acceptors (Lipinski definition) is 3. The molecule has 27 heavy (non-hydrogen) atoms. The largest absolute Gasteiger partial charge is 0.376 e. The first-order valence-corrected chi connectivity index (χ1v) is 10.1. The molecule has 1 fully saturated rings. The number of benzene rings is 1. The summed E-state index contributed by atoms with van der Waals surface area (Å²) in [6, 6.07) is 8.08. The zero-order valence-electron chi connectivity index (χ0n) is 16.4. The van der Waals surface area contributed by atoms with E-state index >= 15 is 0 Å². The molecule has 0 bridgehead atoms. The highest BCUT2D eigenvalue weighted by atomic mass is 32.1. The van der Waals surface area contributed by atoms with Crippen LogP contribution in [0.15, 0.2) is 29.1 Å². The second-order valence-electron chi connectivity index (χ2n) is 7.81. The van der Waals surface area contributed by atoms with Gasteiger partial charge in [-0.05, 0) is 61.0 Å². The van der Waals surface area contributed by atoms with E-state index in [1.54, 1.807) is 0 Å². The van der Waals surface area contributed by atoms with Gasteiger partial charge in [-0.2, -0.15) is 0 Å². The van der Waals surface area contributed by atoms with Crippen molar-refractivity contribution in [2.75, 3.05) is 19.7 Å². The molecule has 146 valence electrons. The number of fused-ring (bicyclic) bond motifs is 1. The molecule has 3 rings (SSSR count). The predicted molar refractivity (Wildman–Crippen MR) is 114 cm³/mol. The fourth-order valence-corrected chi connectivity index (χ4v) is 3.56. The van der Waals surface area contributed by atoms with E-state index in [0.717, 1.165) is 48.0 Å². The Morgan fingerprint density at radius 2 is 2.22 bits per heavy atom. The van der Waals surface area contributed by atoms with Crippen molar-refractivity contribution in [3.05, 3.63) is 45.7 Å².